The molecule has 0 radical (unpaired) electrons. The first kappa shape index (κ1) is 23.1. The maximum absolute atomic E-state index is 12.8. The summed E-state index contributed by atoms with van der Waals surface area (Å²) in [5.74, 6) is 1.51. The van der Waals surface area contributed by atoms with Crippen molar-refractivity contribution in [3.63, 3.8) is 0 Å². The maximum Gasteiger partial charge on any atom is 0.275 e. The first-order chi connectivity index (χ1) is 15.5. The molecule has 0 atom stereocenters. The van der Waals surface area contributed by atoms with Crippen LogP contribution in [-0.2, 0) is 6.61 Å². The number of carbonyl (C=O) groups is 1. The molecule has 1 N–H and O–H groups in total. The van der Waals surface area contributed by atoms with Crippen LogP contribution < -0.4 is 24.4 Å². The molecule has 0 saturated carbocycles. The minimum atomic E-state index is -0.405. The lowest BCUT2D eigenvalue weighted by atomic mass is 10.2. The molecule has 0 fully saturated rings. The van der Waals surface area contributed by atoms with Crippen LogP contribution in [0.5, 0.6) is 23.0 Å². The molecule has 3 rings (SSSR count). The molecule has 0 bridgehead atoms. The third-order valence-corrected chi connectivity index (χ3v) is 4.98. The van der Waals surface area contributed by atoms with Crippen molar-refractivity contribution >= 4 is 28.1 Å². The standard InChI is InChI=1S/C24H23BrN2O5/c1-29-21-11-17(12-22(30-2)23(21)31-3)14-26-27-24(28)19-13-18(25)9-10-20(19)32-15-16-7-5-4-6-8-16/h4-14H,15H2,1-3H3,(H,27,28)/b26-14+. The van der Waals surface area contributed by atoms with Crippen LogP contribution in [-0.4, -0.2) is 33.5 Å². The van der Waals surface area contributed by atoms with E-state index < -0.39 is 5.91 Å². The third-order valence-electron chi connectivity index (χ3n) is 4.49. The van der Waals surface area contributed by atoms with Gasteiger partial charge in [-0.1, -0.05) is 46.3 Å². The molecule has 0 heterocycles. The van der Waals surface area contributed by atoms with E-state index >= 15 is 0 Å². The van der Waals surface area contributed by atoms with Crippen molar-refractivity contribution in [3.8, 4) is 23.0 Å². The Morgan fingerprint density at radius 1 is 0.938 bits per heavy atom. The number of halogens is 1. The Morgan fingerprint density at radius 3 is 2.25 bits per heavy atom. The van der Waals surface area contributed by atoms with Gasteiger partial charge in [-0.15, -0.1) is 0 Å². The number of hydrogen-bond acceptors (Lipinski definition) is 6. The van der Waals surface area contributed by atoms with Gasteiger partial charge in [0.1, 0.15) is 12.4 Å². The number of methoxy groups -OCH3 is 3. The summed E-state index contributed by atoms with van der Waals surface area (Å²) in [6.45, 7) is 0.345. The lowest BCUT2D eigenvalue weighted by Crippen LogP contribution is -2.19. The summed E-state index contributed by atoms with van der Waals surface area (Å²) in [5, 5.41) is 4.07. The number of benzene rings is 3. The quantitative estimate of drug-likeness (QED) is 0.338. The molecule has 3 aromatic rings. The molecule has 0 unspecified atom stereocenters. The minimum absolute atomic E-state index is 0.345. The van der Waals surface area contributed by atoms with Gasteiger partial charge < -0.3 is 18.9 Å². The number of amides is 1. The van der Waals surface area contributed by atoms with Gasteiger partial charge in [0.05, 0.1) is 33.1 Å². The number of nitrogens with zero attached hydrogens (tertiary/aromatic N) is 1. The Bertz CT molecular complexity index is 1080. The second-order valence-corrected chi connectivity index (χ2v) is 7.49. The molecule has 32 heavy (non-hydrogen) atoms. The highest BCUT2D eigenvalue weighted by molar-refractivity contribution is 9.10. The van der Waals surface area contributed by atoms with E-state index in [1.165, 1.54) is 27.5 Å². The lowest BCUT2D eigenvalue weighted by Gasteiger charge is -2.13. The number of hydrogen-bond donors (Lipinski definition) is 1. The maximum atomic E-state index is 12.8. The Hall–Kier alpha value is -3.52. The van der Waals surface area contributed by atoms with Crippen molar-refractivity contribution in [2.24, 2.45) is 5.10 Å². The SMILES string of the molecule is COc1cc(/C=N/NC(=O)c2cc(Br)ccc2OCc2ccccc2)cc(OC)c1OC. The molecule has 0 saturated heterocycles. The van der Waals surface area contributed by atoms with Crippen LogP contribution in [0.1, 0.15) is 21.5 Å². The van der Waals surface area contributed by atoms with Gasteiger partial charge >= 0.3 is 0 Å². The number of carbonyl (C=O) groups excluding carboxylic acids is 1. The topological polar surface area (TPSA) is 78.4 Å². The minimum Gasteiger partial charge on any atom is -0.493 e. The van der Waals surface area contributed by atoms with E-state index in [0.29, 0.717) is 40.7 Å². The molecule has 0 aromatic heterocycles. The van der Waals surface area contributed by atoms with Crippen LogP contribution in [0.25, 0.3) is 0 Å². The summed E-state index contributed by atoms with van der Waals surface area (Å²) >= 11 is 3.40. The van der Waals surface area contributed by atoms with Crippen molar-refractivity contribution in [2.75, 3.05) is 21.3 Å². The van der Waals surface area contributed by atoms with Gasteiger partial charge in [0.15, 0.2) is 11.5 Å². The van der Waals surface area contributed by atoms with E-state index in [9.17, 15) is 4.79 Å². The van der Waals surface area contributed by atoms with E-state index in [2.05, 4.69) is 26.5 Å². The van der Waals surface area contributed by atoms with Crippen molar-refractivity contribution < 1.29 is 23.7 Å². The van der Waals surface area contributed by atoms with Gasteiger partial charge in [-0.3, -0.25) is 4.79 Å². The molecule has 0 spiro atoms. The molecular weight excluding hydrogens is 476 g/mol. The summed E-state index contributed by atoms with van der Waals surface area (Å²) in [6, 6.07) is 18.4. The number of nitrogens with one attached hydrogen (secondary N) is 1. The van der Waals surface area contributed by atoms with Crippen molar-refractivity contribution in [1.82, 2.24) is 5.43 Å². The highest BCUT2D eigenvalue weighted by atomic mass is 79.9. The van der Waals surface area contributed by atoms with Crippen LogP contribution in [0, 0.1) is 0 Å². The summed E-state index contributed by atoms with van der Waals surface area (Å²) in [7, 11) is 4.60. The average Bonchev–Trinajstić information content (AvgIpc) is 2.83. The fraction of sp³-hybridized carbons (Fsp3) is 0.167. The monoisotopic (exact) mass is 498 g/mol. The van der Waals surface area contributed by atoms with Crippen molar-refractivity contribution in [3.05, 3.63) is 81.8 Å². The molecule has 0 aliphatic heterocycles. The molecule has 1 amide bonds. The zero-order chi connectivity index (χ0) is 22.9. The Morgan fingerprint density at radius 2 is 1.62 bits per heavy atom. The number of rotatable bonds is 9. The van der Waals surface area contributed by atoms with Crippen LogP contribution in [0.15, 0.2) is 70.2 Å². The molecule has 0 aliphatic rings. The van der Waals surface area contributed by atoms with Crippen LogP contribution in [0.2, 0.25) is 0 Å². The summed E-state index contributed by atoms with van der Waals surface area (Å²) in [6.07, 6.45) is 1.49. The largest absolute Gasteiger partial charge is 0.493 e. The van der Waals surface area contributed by atoms with Crippen molar-refractivity contribution in [1.29, 1.82) is 0 Å². The van der Waals surface area contributed by atoms with Gasteiger partial charge in [0, 0.05) is 10.0 Å². The van der Waals surface area contributed by atoms with Gasteiger partial charge in [-0.05, 0) is 35.9 Å². The highest BCUT2D eigenvalue weighted by Crippen LogP contribution is 2.37. The fourth-order valence-electron chi connectivity index (χ4n) is 2.94. The number of ether oxygens (including phenoxy) is 4. The van der Waals surface area contributed by atoms with Gasteiger partial charge in [0.25, 0.3) is 5.91 Å². The Balaban J connectivity index is 1.74. The van der Waals surface area contributed by atoms with Gasteiger partial charge in [-0.2, -0.15) is 5.10 Å². The Kier molecular flexibility index (Phi) is 8.10. The lowest BCUT2D eigenvalue weighted by molar-refractivity contribution is 0.0950. The van der Waals surface area contributed by atoms with E-state index in [1.807, 2.05) is 36.4 Å². The molecular formula is C24H23BrN2O5. The molecule has 0 aliphatic carbocycles. The van der Waals surface area contributed by atoms with E-state index in [0.717, 1.165) is 10.0 Å². The summed E-state index contributed by atoms with van der Waals surface area (Å²) in [4.78, 5) is 12.8. The van der Waals surface area contributed by atoms with Crippen LogP contribution in [0.4, 0.5) is 0 Å². The first-order valence-corrected chi connectivity index (χ1v) is 10.4. The molecule has 166 valence electrons. The molecule has 7 nitrogen and oxygen atoms in total. The highest BCUT2D eigenvalue weighted by Gasteiger charge is 2.14. The second kappa shape index (κ2) is 11.2. The second-order valence-electron chi connectivity index (χ2n) is 6.57. The smallest absolute Gasteiger partial charge is 0.275 e. The summed E-state index contributed by atoms with van der Waals surface area (Å²) < 4.78 is 22.6. The fourth-order valence-corrected chi connectivity index (χ4v) is 3.30. The first-order valence-electron chi connectivity index (χ1n) is 9.65. The Labute approximate surface area is 195 Å². The van der Waals surface area contributed by atoms with Crippen LogP contribution >= 0.6 is 15.9 Å². The van der Waals surface area contributed by atoms with E-state index in [-0.39, 0.29) is 0 Å². The average molecular weight is 499 g/mol. The normalized spacial score (nSPS) is 10.6. The zero-order valence-corrected chi connectivity index (χ0v) is 19.5. The van der Waals surface area contributed by atoms with Crippen LogP contribution in [0.3, 0.4) is 0 Å². The van der Waals surface area contributed by atoms with Gasteiger partial charge in [-0.25, -0.2) is 5.43 Å². The van der Waals surface area contributed by atoms with E-state index in [1.54, 1.807) is 24.3 Å². The van der Waals surface area contributed by atoms with Crippen molar-refractivity contribution in [2.45, 2.75) is 6.61 Å². The van der Waals surface area contributed by atoms with Gasteiger partial charge in [0.2, 0.25) is 5.75 Å². The predicted octanol–water partition coefficient (Wildman–Crippen LogP) is 4.82. The summed E-state index contributed by atoms with van der Waals surface area (Å²) in [5.41, 5.74) is 4.56. The zero-order valence-electron chi connectivity index (χ0n) is 17.9. The molecule has 3 aromatic carbocycles. The third kappa shape index (κ3) is 5.79. The predicted molar refractivity (Wildman–Crippen MR) is 126 cm³/mol. The van der Waals surface area contributed by atoms with E-state index in [4.69, 9.17) is 18.9 Å². The molecule has 8 heteroatoms. The number of hydrazone groups is 1.